The number of rotatable bonds is 3. The van der Waals surface area contributed by atoms with Gasteiger partial charge in [0, 0.05) is 19.0 Å². The van der Waals surface area contributed by atoms with Crippen LogP contribution in [0.15, 0.2) is 30.3 Å². The highest BCUT2D eigenvalue weighted by molar-refractivity contribution is 5.99. The fourth-order valence-corrected chi connectivity index (χ4v) is 2.68. The van der Waals surface area contributed by atoms with E-state index in [-0.39, 0.29) is 5.91 Å². The molecule has 1 aromatic heterocycles. The second-order valence-corrected chi connectivity index (χ2v) is 5.60. The van der Waals surface area contributed by atoms with E-state index in [9.17, 15) is 4.79 Å². The summed E-state index contributed by atoms with van der Waals surface area (Å²) >= 11 is 0. The topological polar surface area (TPSA) is 59.2 Å². The molecule has 1 heterocycles. The molecule has 3 rings (SSSR count). The molecule has 4 nitrogen and oxygen atoms in total. The minimum atomic E-state index is -0.0469. The molecule has 0 radical (unpaired) electrons. The highest BCUT2D eigenvalue weighted by atomic mass is 16.2. The minimum absolute atomic E-state index is 0.0469. The van der Waals surface area contributed by atoms with E-state index in [1.807, 2.05) is 37.4 Å². The summed E-state index contributed by atoms with van der Waals surface area (Å²) in [6.07, 6.45) is 3.74. The molecule has 1 aliphatic rings. The molecule has 0 unspecified atom stereocenters. The van der Waals surface area contributed by atoms with Crippen molar-refractivity contribution < 1.29 is 4.79 Å². The molecule has 0 saturated heterocycles. The Balaban J connectivity index is 1.87. The van der Waals surface area contributed by atoms with E-state index >= 15 is 0 Å². The van der Waals surface area contributed by atoms with Gasteiger partial charge in [0.25, 0.3) is 5.91 Å². The number of nitrogen functional groups attached to an aromatic ring is 1. The number of aromatic nitrogens is 1. The monoisotopic (exact) mass is 269 g/mol. The Morgan fingerprint density at radius 1 is 1.40 bits per heavy atom. The molecule has 2 aromatic rings. The van der Waals surface area contributed by atoms with Crippen molar-refractivity contribution in [1.82, 2.24) is 9.88 Å². The molecule has 0 atom stereocenters. The Labute approximate surface area is 118 Å². The smallest absolute Gasteiger partial charge is 0.272 e. The highest BCUT2D eigenvalue weighted by Crippen LogP contribution is 2.27. The standard InChI is InChI=1S/C16H19N3O/c1-19(10-11-5-4-6-11)16(20)14-9-12-7-2-3-8-13(12)15(17)18-14/h2-3,7-9,11H,4-6,10H2,1H3,(H2,17,18). The summed E-state index contributed by atoms with van der Waals surface area (Å²) in [6.45, 7) is 0.813. The van der Waals surface area contributed by atoms with E-state index < -0.39 is 0 Å². The summed E-state index contributed by atoms with van der Waals surface area (Å²) in [4.78, 5) is 18.4. The van der Waals surface area contributed by atoms with Crippen LogP contribution in [0, 0.1) is 5.92 Å². The zero-order valence-corrected chi connectivity index (χ0v) is 11.7. The van der Waals surface area contributed by atoms with Gasteiger partial charge in [-0.05, 0) is 30.2 Å². The third kappa shape index (κ3) is 2.33. The van der Waals surface area contributed by atoms with E-state index in [1.54, 1.807) is 4.90 Å². The molecular formula is C16H19N3O. The van der Waals surface area contributed by atoms with Gasteiger partial charge in [0.2, 0.25) is 0 Å². The molecule has 0 bridgehead atoms. The molecule has 0 spiro atoms. The third-order valence-electron chi connectivity index (χ3n) is 4.09. The largest absolute Gasteiger partial charge is 0.383 e. The minimum Gasteiger partial charge on any atom is -0.383 e. The van der Waals surface area contributed by atoms with Crippen LogP contribution in [-0.4, -0.2) is 29.4 Å². The summed E-state index contributed by atoms with van der Waals surface area (Å²) in [7, 11) is 1.84. The molecule has 4 heteroatoms. The average molecular weight is 269 g/mol. The van der Waals surface area contributed by atoms with Gasteiger partial charge < -0.3 is 10.6 Å². The van der Waals surface area contributed by atoms with Crippen molar-refractivity contribution in [2.24, 2.45) is 5.92 Å². The first-order valence-electron chi connectivity index (χ1n) is 7.06. The zero-order chi connectivity index (χ0) is 14.1. The molecule has 1 fully saturated rings. The number of fused-ring (bicyclic) bond motifs is 1. The number of carbonyl (C=O) groups is 1. The molecule has 2 N–H and O–H groups in total. The van der Waals surface area contributed by atoms with Gasteiger partial charge in [-0.1, -0.05) is 30.7 Å². The van der Waals surface area contributed by atoms with Gasteiger partial charge in [0.15, 0.2) is 0 Å². The first kappa shape index (κ1) is 12.9. The number of amides is 1. The van der Waals surface area contributed by atoms with Crippen LogP contribution < -0.4 is 5.73 Å². The lowest BCUT2D eigenvalue weighted by Gasteiger charge is -2.30. The highest BCUT2D eigenvalue weighted by Gasteiger charge is 2.23. The Morgan fingerprint density at radius 3 is 2.85 bits per heavy atom. The van der Waals surface area contributed by atoms with Crippen molar-refractivity contribution in [2.45, 2.75) is 19.3 Å². The van der Waals surface area contributed by atoms with E-state index in [0.29, 0.717) is 17.4 Å². The van der Waals surface area contributed by atoms with Crippen LogP contribution in [0.25, 0.3) is 10.8 Å². The van der Waals surface area contributed by atoms with Gasteiger partial charge in [-0.25, -0.2) is 4.98 Å². The number of benzene rings is 1. The first-order chi connectivity index (χ1) is 9.65. The van der Waals surface area contributed by atoms with Crippen LogP contribution in [0.5, 0.6) is 0 Å². The number of nitrogens with two attached hydrogens (primary N) is 1. The molecule has 1 amide bonds. The van der Waals surface area contributed by atoms with Crippen LogP contribution in [-0.2, 0) is 0 Å². The van der Waals surface area contributed by atoms with Crippen LogP contribution in [0.2, 0.25) is 0 Å². The van der Waals surface area contributed by atoms with E-state index in [2.05, 4.69) is 4.98 Å². The van der Waals surface area contributed by atoms with Crippen molar-refractivity contribution in [3.05, 3.63) is 36.0 Å². The van der Waals surface area contributed by atoms with Crippen molar-refractivity contribution in [3.8, 4) is 0 Å². The van der Waals surface area contributed by atoms with Gasteiger partial charge in [-0.2, -0.15) is 0 Å². The van der Waals surface area contributed by atoms with Crippen molar-refractivity contribution in [1.29, 1.82) is 0 Å². The van der Waals surface area contributed by atoms with Crippen molar-refractivity contribution in [2.75, 3.05) is 19.3 Å². The number of anilines is 1. The SMILES string of the molecule is CN(CC1CCC1)C(=O)c1cc2ccccc2c(N)n1. The normalized spacial score (nSPS) is 15.1. The molecular weight excluding hydrogens is 250 g/mol. The van der Waals surface area contributed by atoms with Crippen LogP contribution in [0.1, 0.15) is 29.8 Å². The van der Waals surface area contributed by atoms with Crippen LogP contribution in [0.3, 0.4) is 0 Å². The van der Waals surface area contributed by atoms with Crippen LogP contribution >= 0.6 is 0 Å². The van der Waals surface area contributed by atoms with Gasteiger partial charge in [0.05, 0.1) is 0 Å². The summed E-state index contributed by atoms with van der Waals surface area (Å²) < 4.78 is 0. The Morgan fingerprint density at radius 2 is 2.15 bits per heavy atom. The third-order valence-corrected chi connectivity index (χ3v) is 4.09. The van der Waals surface area contributed by atoms with Crippen LogP contribution in [0.4, 0.5) is 5.82 Å². The zero-order valence-electron chi connectivity index (χ0n) is 11.7. The van der Waals surface area contributed by atoms with Gasteiger partial charge in [-0.15, -0.1) is 0 Å². The van der Waals surface area contributed by atoms with Gasteiger partial charge in [0.1, 0.15) is 11.5 Å². The summed E-state index contributed by atoms with van der Waals surface area (Å²) in [5.74, 6) is 1.03. The van der Waals surface area contributed by atoms with Crippen molar-refractivity contribution in [3.63, 3.8) is 0 Å². The summed E-state index contributed by atoms with van der Waals surface area (Å²) in [5.41, 5.74) is 6.39. The van der Waals surface area contributed by atoms with Gasteiger partial charge in [-0.3, -0.25) is 4.79 Å². The molecule has 1 saturated carbocycles. The second-order valence-electron chi connectivity index (χ2n) is 5.60. The Bertz CT molecular complexity index is 649. The van der Waals surface area contributed by atoms with E-state index in [0.717, 1.165) is 17.3 Å². The van der Waals surface area contributed by atoms with E-state index in [4.69, 9.17) is 5.73 Å². The lowest BCUT2D eigenvalue weighted by atomic mass is 9.85. The molecule has 104 valence electrons. The average Bonchev–Trinajstić information content (AvgIpc) is 2.41. The number of hydrogen-bond acceptors (Lipinski definition) is 3. The molecule has 0 aliphatic heterocycles. The lowest BCUT2D eigenvalue weighted by molar-refractivity contribution is 0.0740. The Kier molecular flexibility index (Phi) is 3.30. The number of hydrogen-bond donors (Lipinski definition) is 1. The van der Waals surface area contributed by atoms with Gasteiger partial charge >= 0.3 is 0 Å². The van der Waals surface area contributed by atoms with E-state index in [1.165, 1.54) is 19.3 Å². The number of nitrogens with zero attached hydrogens (tertiary/aromatic N) is 2. The summed E-state index contributed by atoms with van der Waals surface area (Å²) in [6, 6.07) is 9.56. The van der Waals surface area contributed by atoms with Crippen molar-refractivity contribution >= 4 is 22.5 Å². The predicted octanol–water partition coefficient (Wildman–Crippen LogP) is 2.69. The first-order valence-corrected chi connectivity index (χ1v) is 7.06. The number of pyridine rings is 1. The predicted molar refractivity (Wildman–Crippen MR) is 80.5 cm³/mol. The molecule has 20 heavy (non-hydrogen) atoms. The lowest BCUT2D eigenvalue weighted by Crippen LogP contribution is -2.34. The maximum absolute atomic E-state index is 12.4. The summed E-state index contributed by atoms with van der Waals surface area (Å²) in [5, 5.41) is 1.85. The quantitative estimate of drug-likeness (QED) is 0.932. The molecule has 1 aliphatic carbocycles. The Hall–Kier alpha value is -2.10. The maximum Gasteiger partial charge on any atom is 0.272 e. The maximum atomic E-state index is 12.4. The fourth-order valence-electron chi connectivity index (χ4n) is 2.68. The second kappa shape index (κ2) is 5.12. The number of carbonyl (C=O) groups excluding carboxylic acids is 1. The fraction of sp³-hybridized carbons (Fsp3) is 0.375. The molecule has 1 aromatic carbocycles.